The predicted octanol–water partition coefficient (Wildman–Crippen LogP) is 6.12. The number of rotatable bonds is 3. The highest BCUT2D eigenvalue weighted by molar-refractivity contribution is 8.13. The maximum Gasteiger partial charge on any atom is 0.416 e. The van der Waals surface area contributed by atoms with Gasteiger partial charge in [-0.05, 0) is 35.9 Å². The van der Waals surface area contributed by atoms with E-state index in [1.165, 1.54) is 0 Å². The van der Waals surface area contributed by atoms with Crippen molar-refractivity contribution in [2.45, 2.75) is 18.1 Å². The number of aliphatic imine (C=N–C) groups is 1. The summed E-state index contributed by atoms with van der Waals surface area (Å²) in [6.07, 6.45) is -10.1. The molecule has 1 aliphatic rings. The van der Waals surface area contributed by atoms with E-state index in [9.17, 15) is 31.1 Å². The summed E-state index contributed by atoms with van der Waals surface area (Å²) in [5.74, 6) is -0.596. The molecule has 0 saturated heterocycles. The zero-order chi connectivity index (χ0) is 22.1. The third-order valence-electron chi connectivity index (χ3n) is 4.14. The summed E-state index contributed by atoms with van der Waals surface area (Å²) in [7, 11) is 0. The molecule has 11 heteroatoms. The number of halogens is 7. The lowest BCUT2D eigenvalue weighted by Gasteiger charge is -2.20. The standard InChI is InChI=1S/C19H13ClF6N2OS/c20-15-3-1-2-11(6-15)10-30-17-27-4-5-28(17)16(29)12-7-13(18(21,22)23)9-14(8-12)19(24,25)26/h1-3,6-9H,4-5,10H2. The minimum absolute atomic E-state index is 0.0103. The van der Waals surface area contributed by atoms with Crippen LogP contribution in [0.4, 0.5) is 26.3 Å². The zero-order valence-electron chi connectivity index (χ0n) is 15.0. The van der Waals surface area contributed by atoms with Crippen molar-refractivity contribution >= 4 is 34.4 Å². The molecule has 3 nitrogen and oxygen atoms in total. The maximum atomic E-state index is 13.1. The van der Waals surface area contributed by atoms with Gasteiger partial charge in [-0.1, -0.05) is 35.5 Å². The van der Waals surface area contributed by atoms with Crippen LogP contribution in [0, 0.1) is 0 Å². The second-order valence-electron chi connectivity index (χ2n) is 6.33. The van der Waals surface area contributed by atoms with Gasteiger partial charge in [0.15, 0.2) is 5.17 Å². The summed E-state index contributed by atoms with van der Waals surface area (Å²) >= 11 is 7.06. The smallest absolute Gasteiger partial charge is 0.286 e. The van der Waals surface area contributed by atoms with Crippen LogP contribution in [0.25, 0.3) is 0 Å². The highest BCUT2D eigenvalue weighted by Crippen LogP contribution is 2.37. The van der Waals surface area contributed by atoms with Crippen LogP contribution in [0.3, 0.4) is 0 Å². The van der Waals surface area contributed by atoms with Gasteiger partial charge in [-0.25, -0.2) is 0 Å². The minimum Gasteiger partial charge on any atom is -0.286 e. The van der Waals surface area contributed by atoms with E-state index in [1.807, 2.05) is 0 Å². The molecule has 0 fully saturated rings. The average Bonchev–Trinajstić information content (AvgIpc) is 3.12. The Morgan fingerprint density at radius 2 is 1.67 bits per heavy atom. The van der Waals surface area contributed by atoms with Crippen molar-refractivity contribution in [1.29, 1.82) is 0 Å². The van der Waals surface area contributed by atoms with E-state index in [4.69, 9.17) is 11.6 Å². The Hall–Kier alpha value is -2.20. The third kappa shape index (κ3) is 5.28. The number of nitrogens with zero attached hydrogens (tertiary/aromatic N) is 2. The molecule has 3 rings (SSSR count). The minimum atomic E-state index is -5.03. The number of carbonyl (C=O) groups excluding carboxylic acids is 1. The molecule has 0 radical (unpaired) electrons. The fraction of sp³-hybridized carbons (Fsp3) is 0.263. The van der Waals surface area contributed by atoms with Gasteiger partial charge in [0.1, 0.15) is 0 Å². The van der Waals surface area contributed by atoms with E-state index < -0.39 is 35.0 Å². The molecule has 2 aromatic rings. The van der Waals surface area contributed by atoms with Gasteiger partial charge in [0.05, 0.1) is 17.7 Å². The van der Waals surface area contributed by atoms with Crippen molar-refractivity contribution < 1.29 is 31.1 Å². The van der Waals surface area contributed by atoms with E-state index in [0.717, 1.165) is 22.2 Å². The fourth-order valence-electron chi connectivity index (χ4n) is 2.75. The van der Waals surface area contributed by atoms with Crippen LogP contribution in [0.15, 0.2) is 47.5 Å². The molecule has 160 valence electrons. The van der Waals surface area contributed by atoms with Crippen molar-refractivity contribution in [3.63, 3.8) is 0 Å². The predicted molar refractivity (Wildman–Crippen MR) is 103 cm³/mol. The van der Waals surface area contributed by atoms with E-state index >= 15 is 0 Å². The highest BCUT2D eigenvalue weighted by Gasteiger charge is 2.38. The number of thioether (sulfide) groups is 1. The fourth-order valence-corrected chi connectivity index (χ4v) is 3.95. The average molecular weight is 467 g/mol. The van der Waals surface area contributed by atoms with Crippen LogP contribution in [0.1, 0.15) is 27.0 Å². The second kappa shape index (κ2) is 8.50. The van der Waals surface area contributed by atoms with E-state index in [1.54, 1.807) is 24.3 Å². The van der Waals surface area contributed by atoms with Crippen molar-refractivity contribution in [1.82, 2.24) is 4.90 Å². The van der Waals surface area contributed by atoms with Crippen LogP contribution in [0.5, 0.6) is 0 Å². The largest absolute Gasteiger partial charge is 0.416 e. The van der Waals surface area contributed by atoms with Gasteiger partial charge in [0, 0.05) is 22.9 Å². The summed E-state index contributed by atoms with van der Waals surface area (Å²) in [6, 6.07) is 7.76. The molecule has 0 bridgehead atoms. The highest BCUT2D eigenvalue weighted by atomic mass is 35.5. The molecule has 0 unspecified atom stereocenters. The molecule has 30 heavy (non-hydrogen) atoms. The molecule has 1 heterocycles. The van der Waals surface area contributed by atoms with Gasteiger partial charge in [0.25, 0.3) is 5.91 Å². The zero-order valence-corrected chi connectivity index (χ0v) is 16.6. The number of carbonyl (C=O) groups is 1. The number of amidine groups is 1. The van der Waals surface area contributed by atoms with Gasteiger partial charge in [-0.3, -0.25) is 14.7 Å². The van der Waals surface area contributed by atoms with Gasteiger partial charge in [-0.15, -0.1) is 0 Å². The lowest BCUT2D eigenvalue weighted by molar-refractivity contribution is -0.143. The first-order valence-corrected chi connectivity index (χ1v) is 9.84. The van der Waals surface area contributed by atoms with Crippen LogP contribution in [-0.4, -0.2) is 29.1 Å². The lowest BCUT2D eigenvalue weighted by atomic mass is 10.0. The van der Waals surface area contributed by atoms with Crippen LogP contribution in [-0.2, 0) is 18.1 Å². The van der Waals surface area contributed by atoms with Crippen molar-refractivity contribution in [3.8, 4) is 0 Å². The molecule has 0 aliphatic carbocycles. The molecule has 0 saturated carbocycles. The number of hydrogen-bond acceptors (Lipinski definition) is 3. The second-order valence-corrected chi connectivity index (χ2v) is 7.71. The Balaban J connectivity index is 1.85. The normalized spacial score (nSPS) is 14.8. The summed E-state index contributed by atoms with van der Waals surface area (Å²) in [4.78, 5) is 18.0. The maximum absolute atomic E-state index is 13.1. The monoisotopic (exact) mass is 466 g/mol. The number of alkyl halides is 6. The van der Waals surface area contributed by atoms with Crippen molar-refractivity contribution in [3.05, 3.63) is 69.7 Å². The van der Waals surface area contributed by atoms with Gasteiger partial charge >= 0.3 is 12.4 Å². The lowest BCUT2D eigenvalue weighted by Crippen LogP contribution is -2.33. The molecule has 1 aliphatic heterocycles. The summed E-state index contributed by atoms with van der Waals surface area (Å²) in [6.45, 7) is 0.267. The third-order valence-corrected chi connectivity index (χ3v) is 5.46. The van der Waals surface area contributed by atoms with Crippen LogP contribution < -0.4 is 0 Å². The Labute approximate surface area is 176 Å². The Kier molecular flexibility index (Phi) is 6.37. The molecular weight excluding hydrogens is 454 g/mol. The van der Waals surface area contributed by atoms with Crippen LogP contribution in [0.2, 0.25) is 5.02 Å². The number of amides is 1. The Bertz CT molecular complexity index is 957. The van der Waals surface area contributed by atoms with Crippen molar-refractivity contribution in [2.75, 3.05) is 13.1 Å². The summed E-state index contributed by atoms with van der Waals surface area (Å²) in [5.41, 5.74) is -2.95. The molecule has 0 N–H and O–H groups in total. The Morgan fingerprint density at radius 3 is 2.23 bits per heavy atom. The first-order valence-electron chi connectivity index (χ1n) is 8.48. The number of hydrogen-bond donors (Lipinski definition) is 0. The van der Waals surface area contributed by atoms with Gasteiger partial charge < -0.3 is 0 Å². The van der Waals surface area contributed by atoms with Gasteiger partial charge in [-0.2, -0.15) is 26.3 Å². The quantitative estimate of drug-likeness (QED) is 0.510. The first kappa shape index (κ1) is 22.5. The van der Waals surface area contributed by atoms with E-state index in [-0.39, 0.29) is 24.3 Å². The molecule has 1 amide bonds. The summed E-state index contributed by atoms with van der Waals surface area (Å²) < 4.78 is 78.4. The number of benzene rings is 2. The molecule has 0 atom stereocenters. The SMILES string of the molecule is O=C(c1cc(C(F)(F)F)cc(C(F)(F)F)c1)N1CCN=C1SCc1cccc(Cl)c1. The van der Waals surface area contributed by atoms with E-state index in [0.29, 0.717) is 22.9 Å². The van der Waals surface area contributed by atoms with E-state index in [2.05, 4.69) is 4.99 Å². The van der Waals surface area contributed by atoms with Crippen LogP contribution >= 0.6 is 23.4 Å². The van der Waals surface area contributed by atoms with Gasteiger partial charge in [0.2, 0.25) is 0 Å². The molecule has 0 spiro atoms. The first-order chi connectivity index (χ1) is 13.9. The Morgan fingerprint density at radius 1 is 1.03 bits per heavy atom. The summed E-state index contributed by atoms with van der Waals surface area (Å²) in [5, 5.41) is 0.740. The molecular formula is C19H13ClF6N2OS. The van der Waals surface area contributed by atoms with Crippen molar-refractivity contribution in [2.24, 2.45) is 4.99 Å². The molecule has 0 aromatic heterocycles. The molecule has 2 aromatic carbocycles. The topological polar surface area (TPSA) is 32.7 Å².